The summed E-state index contributed by atoms with van der Waals surface area (Å²) in [6.07, 6.45) is -3.07. The molecule has 0 fully saturated rings. The van der Waals surface area contributed by atoms with Gasteiger partial charge in [-0.2, -0.15) is 18.3 Å². The molecule has 4 aromatic heterocycles. The van der Waals surface area contributed by atoms with Crippen molar-refractivity contribution in [2.45, 2.75) is 12.7 Å². The van der Waals surface area contributed by atoms with E-state index in [0.717, 1.165) is 5.56 Å². The number of aromatic carboxylic acids is 1. The molecule has 0 saturated carbocycles. The molecule has 33 heavy (non-hydrogen) atoms. The molecule has 0 spiro atoms. The Morgan fingerprint density at radius 1 is 1.12 bits per heavy atom. The molecule has 12 heteroatoms. The molecule has 1 N–H and O–H groups in total. The summed E-state index contributed by atoms with van der Waals surface area (Å²) in [5.41, 5.74) is -1.44. The minimum Gasteiger partial charge on any atom is -0.497 e. The van der Waals surface area contributed by atoms with Gasteiger partial charge in [-0.05, 0) is 29.8 Å². The van der Waals surface area contributed by atoms with E-state index in [9.17, 15) is 22.8 Å². The molecule has 0 aliphatic rings. The van der Waals surface area contributed by atoms with Crippen LogP contribution in [0.4, 0.5) is 13.2 Å². The summed E-state index contributed by atoms with van der Waals surface area (Å²) in [7, 11) is 1.54. The molecule has 0 unspecified atom stereocenters. The Balaban J connectivity index is 1.69. The fraction of sp³-hybridized carbons (Fsp3) is 0.143. The van der Waals surface area contributed by atoms with Crippen LogP contribution in [0.3, 0.4) is 0 Å². The number of imidazole rings is 2. The molecule has 0 saturated heterocycles. The average molecular weight is 457 g/mol. The number of carboxylic acid groups (broad SMARTS) is 1. The number of aromatic nitrogens is 5. The molecule has 5 aromatic rings. The summed E-state index contributed by atoms with van der Waals surface area (Å²) in [5, 5.41) is 12.8. The van der Waals surface area contributed by atoms with Gasteiger partial charge in [0.2, 0.25) is 0 Å². The van der Waals surface area contributed by atoms with Crippen LogP contribution in [-0.4, -0.2) is 41.9 Å². The van der Waals surface area contributed by atoms with Crippen molar-refractivity contribution in [3.63, 3.8) is 0 Å². The smallest absolute Gasteiger partial charge is 0.434 e. The minimum absolute atomic E-state index is 0.0404. The molecular weight excluding hydrogens is 443 g/mol. The van der Waals surface area contributed by atoms with Crippen LogP contribution in [0.25, 0.3) is 22.5 Å². The number of nitrogens with zero attached hydrogens (tertiary/aromatic N) is 5. The Hall–Kier alpha value is -4.35. The molecule has 0 bridgehead atoms. The number of halogens is 3. The Bertz CT molecular complexity index is 1560. The SMILES string of the molecule is COc1ccc(Cn2c(=O)c3cnc4c(-n5ncc(C(=O)O)c5C(F)(F)F)ccc2n43)cc1. The number of benzene rings is 1. The fourth-order valence-corrected chi connectivity index (χ4v) is 3.86. The number of pyridine rings is 1. The highest BCUT2D eigenvalue weighted by Crippen LogP contribution is 2.35. The van der Waals surface area contributed by atoms with Gasteiger partial charge in [0.1, 0.15) is 28.2 Å². The number of carboxylic acids is 1. The molecule has 1 aromatic carbocycles. The van der Waals surface area contributed by atoms with E-state index in [1.807, 2.05) is 0 Å². The van der Waals surface area contributed by atoms with Crippen LogP contribution >= 0.6 is 0 Å². The zero-order chi connectivity index (χ0) is 23.5. The highest BCUT2D eigenvalue weighted by atomic mass is 19.4. The second-order valence-electron chi connectivity index (χ2n) is 7.24. The van der Waals surface area contributed by atoms with Crippen LogP contribution in [0.5, 0.6) is 5.75 Å². The zero-order valence-corrected chi connectivity index (χ0v) is 16.9. The fourth-order valence-electron chi connectivity index (χ4n) is 3.86. The number of hydrogen-bond acceptors (Lipinski definition) is 5. The van der Waals surface area contributed by atoms with Crippen LogP contribution in [0.2, 0.25) is 0 Å². The molecule has 0 aliphatic carbocycles. The third kappa shape index (κ3) is 3.10. The lowest BCUT2D eigenvalue weighted by atomic mass is 10.2. The van der Waals surface area contributed by atoms with Crippen molar-refractivity contribution in [1.82, 2.24) is 23.7 Å². The molecule has 168 valence electrons. The molecule has 0 radical (unpaired) electrons. The standard InChI is InChI=1S/C21H14F3N5O4/c1-33-12-4-2-11(3-5-12)10-27-16-7-6-14(18-25-9-15(19(27)30)28(16)18)29-17(21(22,23)24)13(8-26-29)20(31)32/h2-9H,10H2,1H3,(H,31,32). The Labute approximate surface area is 182 Å². The first-order valence-corrected chi connectivity index (χ1v) is 9.55. The summed E-state index contributed by atoms with van der Waals surface area (Å²) in [4.78, 5) is 28.4. The van der Waals surface area contributed by atoms with Crippen molar-refractivity contribution in [2.24, 2.45) is 0 Å². The normalized spacial score (nSPS) is 12.1. The maximum Gasteiger partial charge on any atom is 0.434 e. The van der Waals surface area contributed by atoms with Crippen LogP contribution in [0.15, 0.2) is 53.6 Å². The second kappa shape index (κ2) is 7.08. The zero-order valence-electron chi connectivity index (χ0n) is 16.9. The van der Waals surface area contributed by atoms with Gasteiger partial charge in [0.15, 0.2) is 11.3 Å². The summed E-state index contributed by atoms with van der Waals surface area (Å²) in [5.74, 6) is -1.09. The van der Waals surface area contributed by atoms with Crippen LogP contribution in [-0.2, 0) is 12.7 Å². The van der Waals surface area contributed by atoms with Gasteiger partial charge in [-0.25, -0.2) is 14.5 Å². The molecule has 0 aliphatic heterocycles. The first kappa shape index (κ1) is 20.5. The Morgan fingerprint density at radius 2 is 1.85 bits per heavy atom. The topological polar surface area (TPSA) is 104 Å². The highest BCUT2D eigenvalue weighted by molar-refractivity contribution is 5.89. The van der Waals surface area contributed by atoms with Crippen LogP contribution < -0.4 is 10.3 Å². The minimum atomic E-state index is -4.98. The van der Waals surface area contributed by atoms with Gasteiger partial charge in [-0.3, -0.25) is 13.8 Å². The van der Waals surface area contributed by atoms with E-state index >= 15 is 0 Å². The number of hydrogen-bond donors (Lipinski definition) is 1. The Morgan fingerprint density at radius 3 is 2.48 bits per heavy atom. The average Bonchev–Trinajstić information content (AvgIpc) is 3.47. The Kier molecular flexibility index (Phi) is 4.41. The quantitative estimate of drug-likeness (QED) is 0.435. The lowest BCUT2D eigenvalue weighted by Crippen LogP contribution is -2.18. The van der Waals surface area contributed by atoms with Crippen LogP contribution in [0.1, 0.15) is 21.6 Å². The summed E-state index contributed by atoms with van der Waals surface area (Å²) in [6.45, 7) is 0.220. The van der Waals surface area contributed by atoms with E-state index in [1.54, 1.807) is 31.4 Å². The highest BCUT2D eigenvalue weighted by Gasteiger charge is 2.41. The van der Waals surface area contributed by atoms with Gasteiger partial charge in [0.05, 0.1) is 26.0 Å². The van der Waals surface area contributed by atoms with E-state index in [1.165, 1.54) is 27.3 Å². The lowest BCUT2D eigenvalue weighted by Gasteiger charge is -2.13. The molecule has 9 nitrogen and oxygen atoms in total. The van der Waals surface area contributed by atoms with Gasteiger partial charge < -0.3 is 9.84 Å². The second-order valence-corrected chi connectivity index (χ2v) is 7.24. The third-order valence-corrected chi connectivity index (χ3v) is 5.35. The van der Waals surface area contributed by atoms with E-state index in [4.69, 9.17) is 9.84 Å². The number of ether oxygens (including phenoxy) is 1. The molecular formula is C21H14F3N5O4. The van der Waals surface area contributed by atoms with E-state index in [0.29, 0.717) is 22.3 Å². The molecule has 5 rings (SSSR count). The van der Waals surface area contributed by atoms with Crippen molar-refractivity contribution >= 4 is 22.8 Å². The van der Waals surface area contributed by atoms with Crippen LogP contribution in [0, 0.1) is 0 Å². The first-order chi connectivity index (χ1) is 15.7. The van der Waals surface area contributed by atoms with Gasteiger partial charge in [0, 0.05) is 0 Å². The van der Waals surface area contributed by atoms with Gasteiger partial charge in [-0.1, -0.05) is 12.1 Å². The number of methoxy groups -OCH3 is 1. The summed E-state index contributed by atoms with van der Waals surface area (Å²) < 4.78 is 49.6. The first-order valence-electron chi connectivity index (χ1n) is 9.55. The molecule has 0 atom stereocenters. The van der Waals surface area contributed by atoms with Gasteiger partial charge in [-0.15, -0.1) is 0 Å². The predicted octanol–water partition coefficient (Wildman–Crippen LogP) is 3.05. The van der Waals surface area contributed by atoms with E-state index in [-0.39, 0.29) is 29.0 Å². The van der Waals surface area contributed by atoms with Gasteiger partial charge >= 0.3 is 12.1 Å². The summed E-state index contributed by atoms with van der Waals surface area (Å²) in [6, 6.07) is 9.92. The van der Waals surface area contributed by atoms with E-state index in [2.05, 4.69) is 10.1 Å². The van der Waals surface area contributed by atoms with E-state index < -0.39 is 23.4 Å². The number of rotatable bonds is 5. The molecule has 4 heterocycles. The van der Waals surface area contributed by atoms with Gasteiger partial charge in [0.25, 0.3) is 5.56 Å². The van der Waals surface area contributed by atoms with Crippen molar-refractivity contribution in [3.8, 4) is 11.4 Å². The maximum absolute atomic E-state index is 13.7. The monoisotopic (exact) mass is 457 g/mol. The largest absolute Gasteiger partial charge is 0.497 e. The van der Waals surface area contributed by atoms with Crippen molar-refractivity contribution in [1.29, 1.82) is 0 Å². The maximum atomic E-state index is 13.7. The van der Waals surface area contributed by atoms with Crippen molar-refractivity contribution in [2.75, 3.05) is 7.11 Å². The summed E-state index contributed by atoms with van der Waals surface area (Å²) >= 11 is 0. The predicted molar refractivity (Wildman–Crippen MR) is 109 cm³/mol. The van der Waals surface area contributed by atoms with Crippen molar-refractivity contribution in [3.05, 3.63) is 76.0 Å². The number of carbonyl (C=O) groups is 1. The molecule has 0 amide bonds. The van der Waals surface area contributed by atoms with Crippen molar-refractivity contribution < 1.29 is 27.8 Å². The number of alkyl halides is 3. The third-order valence-electron chi connectivity index (χ3n) is 5.35. The lowest BCUT2D eigenvalue weighted by molar-refractivity contribution is -0.143.